The molecule has 6 rings (SSSR count). The minimum Gasteiger partial charge on any atom is -0.483 e. The van der Waals surface area contributed by atoms with Crippen molar-refractivity contribution in [3.8, 4) is 11.5 Å². The van der Waals surface area contributed by atoms with Crippen LogP contribution in [0.3, 0.4) is 0 Å². The topological polar surface area (TPSA) is 232 Å². The van der Waals surface area contributed by atoms with Gasteiger partial charge in [-0.25, -0.2) is 0 Å². The Morgan fingerprint density at radius 2 is 1.46 bits per heavy atom. The van der Waals surface area contributed by atoms with Crippen LogP contribution in [0.5, 0.6) is 11.5 Å². The molecule has 2 aliphatic heterocycles. The number of nitrogens with one attached hydrogen (secondary N) is 5. The van der Waals surface area contributed by atoms with Gasteiger partial charge in [-0.15, -0.1) is 0 Å². The van der Waals surface area contributed by atoms with Crippen molar-refractivity contribution in [3.05, 3.63) is 107 Å². The number of amides is 4. The van der Waals surface area contributed by atoms with Crippen molar-refractivity contribution in [2.45, 2.75) is 110 Å². The van der Waals surface area contributed by atoms with Gasteiger partial charge in [0.15, 0.2) is 23.8 Å². The number of hydrogen-bond donors (Lipinski definition) is 5. The number of quaternary nitrogens is 1. The highest BCUT2D eigenvalue weighted by atomic mass is 16.6. The van der Waals surface area contributed by atoms with E-state index in [4.69, 9.17) is 18.9 Å². The summed E-state index contributed by atoms with van der Waals surface area (Å²) in [6.45, 7) is 12.8. The Balaban J connectivity index is 1.20. The first kappa shape index (κ1) is 50.9. The molecule has 18 heteroatoms. The molecule has 2 aliphatic rings. The van der Waals surface area contributed by atoms with Crippen LogP contribution < -0.4 is 30.7 Å². The number of aromatic nitrogens is 3. The number of carbonyl (C=O) groups is 6. The molecule has 68 heavy (non-hydrogen) atoms. The lowest BCUT2D eigenvalue weighted by Gasteiger charge is -2.41. The van der Waals surface area contributed by atoms with E-state index in [9.17, 15) is 28.8 Å². The fourth-order valence-electron chi connectivity index (χ4n) is 8.39. The number of aryl methyl sites for hydroxylation is 2. The number of ketones is 1. The summed E-state index contributed by atoms with van der Waals surface area (Å²) >= 11 is 0. The Kier molecular flexibility index (Phi) is 17.6. The van der Waals surface area contributed by atoms with Crippen LogP contribution in [0.2, 0.25) is 0 Å². The normalized spacial score (nSPS) is 18.0. The summed E-state index contributed by atoms with van der Waals surface area (Å²) in [6.07, 6.45) is 2.59. The first-order valence-electron chi connectivity index (χ1n) is 23.2. The van der Waals surface area contributed by atoms with Crippen molar-refractivity contribution < 1.29 is 52.2 Å². The van der Waals surface area contributed by atoms with Crippen LogP contribution in [0.15, 0.2) is 79.0 Å². The molecule has 2 fully saturated rings. The molecule has 0 saturated carbocycles. The molecule has 4 amide bonds. The summed E-state index contributed by atoms with van der Waals surface area (Å²) in [7, 11) is 0. The number of rotatable bonds is 24. The zero-order valence-corrected chi connectivity index (χ0v) is 39.8. The summed E-state index contributed by atoms with van der Waals surface area (Å²) < 4.78 is 23.0. The molecule has 364 valence electrons. The van der Waals surface area contributed by atoms with Gasteiger partial charge in [-0.1, -0.05) is 74.5 Å². The van der Waals surface area contributed by atoms with Crippen LogP contribution in [-0.4, -0.2) is 124 Å². The number of ether oxygens (including phenoxy) is 4. The first-order chi connectivity index (χ1) is 32.5. The number of esters is 1. The zero-order valence-electron chi connectivity index (χ0n) is 39.8. The van der Waals surface area contributed by atoms with Gasteiger partial charge in [0, 0.05) is 18.9 Å². The van der Waals surface area contributed by atoms with E-state index in [1.165, 1.54) is 13.1 Å². The first-order valence-corrected chi connectivity index (χ1v) is 23.2. The largest absolute Gasteiger partial charge is 0.483 e. The fraction of sp³-hybridized carbons (Fsp3) is 0.480. The van der Waals surface area contributed by atoms with Crippen molar-refractivity contribution in [3.63, 3.8) is 0 Å². The molecular formula is C50H65N8O10+. The summed E-state index contributed by atoms with van der Waals surface area (Å²) in [5.74, 6) is -2.25. The third kappa shape index (κ3) is 14.7. The Morgan fingerprint density at radius 1 is 0.824 bits per heavy atom. The second-order valence-corrected chi connectivity index (χ2v) is 18.5. The monoisotopic (exact) mass is 937 g/mol. The van der Waals surface area contributed by atoms with E-state index < -0.39 is 53.5 Å². The minimum atomic E-state index is -1.08. The van der Waals surface area contributed by atoms with Gasteiger partial charge < -0.3 is 44.7 Å². The van der Waals surface area contributed by atoms with Crippen molar-refractivity contribution >= 4 is 35.4 Å². The molecule has 0 unspecified atom stereocenters. The third-order valence-electron chi connectivity index (χ3n) is 12.1. The van der Waals surface area contributed by atoms with Crippen molar-refractivity contribution in [1.82, 2.24) is 36.7 Å². The Morgan fingerprint density at radius 3 is 2.07 bits per heavy atom. The molecule has 3 aromatic carbocycles. The average molecular weight is 938 g/mol. The van der Waals surface area contributed by atoms with Crippen LogP contribution in [0.1, 0.15) is 75.4 Å². The van der Waals surface area contributed by atoms with Gasteiger partial charge in [-0.3, -0.25) is 28.8 Å². The predicted molar refractivity (Wildman–Crippen MR) is 250 cm³/mol. The van der Waals surface area contributed by atoms with E-state index in [0.717, 1.165) is 16.7 Å². The number of carbonyl (C=O) groups excluding carboxylic acids is 6. The molecule has 0 radical (unpaired) electrons. The summed E-state index contributed by atoms with van der Waals surface area (Å²) in [5, 5.41) is 22.1. The number of hydrogen-bond acceptors (Lipinski definition) is 12. The molecular weight excluding hydrogens is 873 g/mol. The smallest absolute Gasteiger partial charge is 0.308 e. The van der Waals surface area contributed by atoms with Crippen LogP contribution in [0.4, 0.5) is 0 Å². The molecule has 4 aromatic rings. The number of H-pyrrole nitrogens is 1. The second kappa shape index (κ2) is 23.5. The predicted octanol–water partition coefficient (Wildman–Crippen LogP) is 3.20. The lowest BCUT2D eigenvalue weighted by molar-refractivity contribution is -0.940. The molecule has 5 atom stereocenters. The van der Waals surface area contributed by atoms with Crippen molar-refractivity contribution in [2.75, 3.05) is 39.5 Å². The number of morpholine rings is 1. The molecule has 1 aromatic heterocycles. The number of benzene rings is 3. The van der Waals surface area contributed by atoms with Gasteiger partial charge >= 0.3 is 5.97 Å². The zero-order chi connectivity index (χ0) is 48.8. The Hall–Kier alpha value is -6.50. The maximum absolute atomic E-state index is 14.5. The van der Waals surface area contributed by atoms with Gasteiger partial charge in [0.2, 0.25) is 17.7 Å². The summed E-state index contributed by atoms with van der Waals surface area (Å²) in [4.78, 5) is 82.1. The third-order valence-corrected chi connectivity index (χ3v) is 12.1. The van der Waals surface area contributed by atoms with Gasteiger partial charge in [0.05, 0.1) is 32.1 Å². The van der Waals surface area contributed by atoms with Gasteiger partial charge in [0.1, 0.15) is 55.7 Å². The number of epoxide rings is 1. The summed E-state index contributed by atoms with van der Waals surface area (Å²) in [5.41, 5.74) is 2.83. The quantitative estimate of drug-likeness (QED) is 0.0295. The molecule has 0 bridgehead atoms. The highest BCUT2D eigenvalue weighted by Gasteiger charge is 2.49. The number of Topliss-reactive ketones (excluding diaryl/α,β-unsaturated/α-hetero) is 1. The maximum Gasteiger partial charge on any atom is 0.308 e. The maximum atomic E-state index is 14.5. The van der Waals surface area contributed by atoms with E-state index in [2.05, 4.69) is 36.7 Å². The highest BCUT2D eigenvalue weighted by molar-refractivity contribution is 5.98. The highest BCUT2D eigenvalue weighted by Crippen LogP contribution is 2.35. The number of nitrogens with zero attached hydrogens (tertiary/aromatic N) is 3. The van der Waals surface area contributed by atoms with E-state index >= 15 is 0 Å². The standard InChI is InChI=1S/C50H64N8O10/c1-32(2)23-41(49(64)55-42(25-37-15-11-8-12-16-37)48(63)52-34(4)46(61)50(6)31-67-50)54-47(62)40(18-17-36-13-9-7-10-14-36)53-44(60)29-58(19-21-65-22-20-58)28-38-24-33(3)45(68-35(5)59)43(26-38)66-30-39-27-51-57-56-39/h7-16,24,26-27,32,34,40-42H,17-23,25,28-31H2,1-6H3,(H4-,51,52,53,54,55,56,57,60,62,63,64)/p+1/t34-,40-,41-,42-,50+/m0/s1. The van der Waals surface area contributed by atoms with Crippen LogP contribution >= 0.6 is 0 Å². The Labute approximate surface area is 397 Å². The molecule has 0 spiro atoms. The lowest BCUT2D eigenvalue weighted by Crippen LogP contribution is -2.61. The number of aromatic amines is 1. The molecule has 0 aliphatic carbocycles. The van der Waals surface area contributed by atoms with Crippen LogP contribution in [0.25, 0.3) is 0 Å². The van der Waals surface area contributed by atoms with Crippen molar-refractivity contribution in [2.24, 2.45) is 5.92 Å². The van der Waals surface area contributed by atoms with Gasteiger partial charge in [-0.05, 0) is 74.8 Å². The minimum absolute atomic E-state index is 0.0107. The van der Waals surface area contributed by atoms with Crippen LogP contribution in [-0.2, 0) is 64.2 Å². The van der Waals surface area contributed by atoms with E-state index in [1.807, 2.05) is 87.5 Å². The second-order valence-electron chi connectivity index (χ2n) is 18.5. The molecule has 18 nitrogen and oxygen atoms in total. The Bertz CT molecular complexity index is 2350. The SMILES string of the molecule is CC(=O)Oc1c(C)cc(C[N+]2(CC(=O)N[C@@H](CCc3ccccc3)C(=O)N[C@@H](CC(C)C)C(=O)N[C@@H](Cc3ccccc3)C(=O)N[C@@H](C)C(=O)[C@@]3(C)CO3)CCOCC2)cc1OCc1cn[nH]n1. The van der Waals surface area contributed by atoms with Gasteiger partial charge in [0.25, 0.3) is 5.91 Å². The molecule has 5 N–H and O–H groups in total. The fourth-order valence-corrected chi connectivity index (χ4v) is 8.39. The van der Waals surface area contributed by atoms with E-state index in [1.54, 1.807) is 19.9 Å². The molecule has 2 saturated heterocycles. The lowest BCUT2D eigenvalue weighted by atomic mass is 9.99. The van der Waals surface area contributed by atoms with Gasteiger partial charge in [-0.2, -0.15) is 15.4 Å². The van der Waals surface area contributed by atoms with Crippen LogP contribution in [0, 0.1) is 12.8 Å². The molecule has 3 heterocycles. The van der Waals surface area contributed by atoms with Crippen molar-refractivity contribution in [1.29, 1.82) is 0 Å². The van der Waals surface area contributed by atoms with E-state index in [0.29, 0.717) is 60.8 Å². The summed E-state index contributed by atoms with van der Waals surface area (Å²) in [6, 6.07) is 18.4. The van der Waals surface area contributed by atoms with E-state index in [-0.39, 0.29) is 62.4 Å². The average Bonchev–Trinajstić information content (AvgIpc) is 3.83.